The first-order chi connectivity index (χ1) is 16.8. The molecule has 2 aromatic carbocycles. The Morgan fingerprint density at radius 3 is 2.19 bits per heavy atom. The minimum Gasteiger partial charge on any atom is -0.354 e. The second-order valence-corrected chi connectivity index (χ2v) is 11.8. The van der Waals surface area contributed by atoms with Crippen molar-refractivity contribution in [1.82, 2.24) is 10.2 Å². The molecule has 1 atom stereocenters. The molecule has 0 saturated carbocycles. The van der Waals surface area contributed by atoms with Crippen molar-refractivity contribution in [3.05, 3.63) is 63.6 Å². The number of carbonyl (C=O) groups is 2. The number of amides is 2. The van der Waals surface area contributed by atoms with Gasteiger partial charge in [0, 0.05) is 23.1 Å². The Morgan fingerprint density at radius 2 is 1.67 bits per heavy atom. The zero-order chi connectivity index (χ0) is 27.0. The van der Waals surface area contributed by atoms with Gasteiger partial charge < -0.3 is 10.2 Å². The molecular formula is C26H35Cl2N3O4S. The van der Waals surface area contributed by atoms with Gasteiger partial charge in [-0.05, 0) is 54.7 Å². The summed E-state index contributed by atoms with van der Waals surface area (Å²) in [6.07, 6.45) is 2.78. The van der Waals surface area contributed by atoms with E-state index in [2.05, 4.69) is 5.32 Å². The number of carbonyl (C=O) groups excluding carboxylic acids is 2. The maximum absolute atomic E-state index is 13.6. The second kappa shape index (κ2) is 13.3. The van der Waals surface area contributed by atoms with Crippen LogP contribution in [-0.2, 0) is 26.2 Å². The Balaban J connectivity index is 2.38. The molecule has 36 heavy (non-hydrogen) atoms. The van der Waals surface area contributed by atoms with E-state index in [0.717, 1.165) is 29.0 Å². The summed E-state index contributed by atoms with van der Waals surface area (Å²) < 4.78 is 26.4. The van der Waals surface area contributed by atoms with Crippen molar-refractivity contribution in [2.24, 2.45) is 0 Å². The number of hydrogen-bond acceptors (Lipinski definition) is 4. The van der Waals surface area contributed by atoms with Crippen molar-refractivity contribution in [1.29, 1.82) is 0 Å². The van der Waals surface area contributed by atoms with Gasteiger partial charge in [-0.25, -0.2) is 8.42 Å². The molecule has 198 valence electrons. The van der Waals surface area contributed by atoms with Crippen LogP contribution in [0.2, 0.25) is 10.0 Å². The fourth-order valence-electron chi connectivity index (χ4n) is 3.59. The molecule has 2 amide bonds. The summed E-state index contributed by atoms with van der Waals surface area (Å²) in [5, 5.41) is 3.64. The van der Waals surface area contributed by atoms with Crippen LogP contribution >= 0.6 is 23.2 Å². The van der Waals surface area contributed by atoms with E-state index in [1.165, 1.54) is 4.90 Å². The fourth-order valence-corrected chi connectivity index (χ4v) is 4.91. The summed E-state index contributed by atoms with van der Waals surface area (Å²) in [5.74, 6) is -0.578. The van der Waals surface area contributed by atoms with E-state index in [1.54, 1.807) is 37.3 Å². The average Bonchev–Trinajstić information content (AvgIpc) is 2.81. The Bertz CT molecular complexity index is 1150. The van der Waals surface area contributed by atoms with Gasteiger partial charge in [0.1, 0.15) is 12.6 Å². The van der Waals surface area contributed by atoms with Crippen molar-refractivity contribution >= 4 is 50.7 Å². The minimum absolute atomic E-state index is 0.0150. The van der Waals surface area contributed by atoms with Crippen LogP contribution in [0.5, 0.6) is 0 Å². The van der Waals surface area contributed by atoms with E-state index in [9.17, 15) is 18.0 Å². The molecule has 0 spiro atoms. The highest BCUT2D eigenvalue weighted by molar-refractivity contribution is 7.92. The van der Waals surface area contributed by atoms with Gasteiger partial charge in [0.05, 0.1) is 11.9 Å². The first-order valence-corrected chi connectivity index (χ1v) is 14.5. The first kappa shape index (κ1) is 29.9. The zero-order valence-electron chi connectivity index (χ0n) is 21.4. The average molecular weight is 557 g/mol. The van der Waals surface area contributed by atoms with E-state index in [1.807, 2.05) is 32.9 Å². The number of rotatable bonds is 12. The van der Waals surface area contributed by atoms with Crippen LogP contribution in [0.25, 0.3) is 0 Å². The SMILES string of the molecule is CCCCNC(=O)[C@H](C)N(Cc1ccc(Cl)cc1Cl)C(=O)CN(c1ccc(C(C)C)cc1)S(C)(=O)=O. The van der Waals surface area contributed by atoms with Gasteiger partial charge in [0.25, 0.3) is 0 Å². The summed E-state index contributed by atoms with van der Waals surface area (Å²) in [6, 6.07) is 11.1. The molecule has 0 fully saturated rings. The molecule has 0 bridgehead atoms. The van der Waals surface area contributed by atoms with Crippen LogP contribution in [0.4, 0.5) is 5.69 Å². The summed E-state index contributed by atoms with van der Waals surface area (Å²) in [6.45, 7) is 7.76. The van der Waals surface area contributed by atoms with E-state index < -0.39 is 28.5 Å². The molecule has 0 aliphatic rings. The molecule has 0 unspecified atom stereocenters. The standard InChI is InChI=1S/C26H35Cl2N3O4S/c1-6-7-14-29-26(33)19(4)30(16-21-8-11-22(27)15-24(21)28)25(32)17-31(36(5,34)35)23-12-9-20(10-13-23)18(2)3/h8-13,15,18-19H,6-7,14,16-17H2,1-5H3,(H,29,33)/t19-/m0/s1. The Labute approximate surface area is 224 Å². The lowest BCUT2D eigenvalue weighted by Gasteiger charge is -2.31. The topological polar surface area (TPSA) is 86.8 Å². The Hall–Kier alpha value is -2.29. The monoisotopic (exact) mass is 555 g/mol. The molecule has 0 radical (unpaired) electrons. The van der Waals surface area contributed by atoms with Crippen molar-refractivity contribution in [3.8, 4) is 0 Å². The highest BCUT2D eigenvalue weighted by Gasteiger charge is 2.30. The lowest BCUT2D eigenvalue weighted by Crippen LogP contribution is -2.51. The van der Waals surface area contributed by atoms with Crippen LogP contribution in [0.3, 0.4) is 0 Å². The first-order valence-electron chi connectivity index (χ1n) is 11.9. The number of sulfonamides is 1. The quantitative estimate of drug-likeness (QED) is 0.364. The van der Waals surface area contributed by atoms with Crippen LogP contribution in [0.1, 0.15) is 57.6 Å². The molecule has 0 aliphatic heterocycles. The van der Waals surface area contributed by atoms with Crippen molar-refractivity contribution in [3.63, 3.8) is 0 Å². The highest BCUT2D eigenvalue weighted by Crippen LogP contribution is 2.25. The van der Waals surface area contributed by atoms with Crippen LogP contribution < -0.4 is 9.62 Å². The Morgan fingerprint density at radius 1 is 1.03 bits per heavy atom. The van der Waals surface area contributed by atoms with E-state index in [4.69, 9.17) is 23.2 Å². The third-order valence-corrected chi connectivity index (χ3v) is 7.61. The number of unbranched alkanes of at least 4 members (excludes halogenated alkanes) is 1. The highest BCUT2D eigenvalue weighted by atomic mass is 35.5. The molecule has 7 nitrogen and oxygen atoms in total. The van der Waals surface area contributed by atoms with Gasteiger partial charge >= 0.3 is 0 Å². The molecule has 0 saturated heterocycles. The van der Waals surface area contributed by atoms with Crippen molar-refractivity contribution in [2.45, 2.75) is 59.0 Å². The molecule has 0 aromatic heterocycles. The maximum atomic E-state index is 13.6. The largest absolute Gasteiger partial charge is 0.354 e. The fraction of sp³-hybridized carbons (Fsp3) is 0.462. The Kier molecular flexibility index (Phi) is 11.1. The van der Waals surface area contributed by atoms with Gasteiger partial charge in [-0.3, -0.25) is 13.9 Å². The third kappa shape index (κ3) is 8.39. The summed E-state index contributed by atoms with van der Waals surface area (Å²) in [5.41, 5.74) is 2.02. The molecule has 2 aromatic rings. The molecule has 2 rings (SSSR count). The molecule has 1 N–H and O–H groups in total. The maximum Gasteiger partial charge on any atom is 0.244 e. The lowest BCUT2D eigenvalue weighted by molar-refractivity contribution is -0.139. The van der Waals surface area contributed by atoms with Crippen molar-refractivity contribution < 1.29 is 18.0 Å². The van der Waals surface area contributed by atoms with Gasteiger partial charge in [0.2, 0.25) is 21.8 Å². The summed E-state index contributed by atoms with van der Waals surface area (Å²) in [7, 11) is -3.79. The molecule has 10 heteroatoms. The van der Waals surface area contributed by atoms with Crippen LogP contribution in [-0.4, -0.2) is 50.5 Å². The molecule has 0 heterocycles. The number of nitrogens with zero attached hydrogens (tertiary/aromatic N) is 2. The number of benzene rings is 2. The number of anilines is 1. The minimum atomic E-state index is -3.79. The van der Waals surface area contributed by atoms with Crippen LogP contribution in [0, 0.1) is 0 Å². The number of hydrogen-bond donors (Lipinski definition) is 1. The number of nitrogens with one attached hydrogen (secondary N) is 1. The van der Waals surface area contributed by atoms with Crippen LogP contribution in [0.15, 0.2) is 42.5 Å². The number of halogens is 2. The van der Waals surface area contributed by atoms with Gasteiger partial charge in [-0.2, -0.15) is 0 Å². The smallest absolute Gasteiger partial charge is 0.244 e. The van der Waals surface area contributed by atoms with Crippen molar-refractivity contribution in [2.75, 3.05) is 23.7 Å². The lowest BCUT2D eigenvalue weighted by atomic mass is 10.0. The zero-order valence-corrected chi connectivity index (χ0v) is 23.8. The normalized spacial score (nSPS) is 12.3. The third-order valence-electron chi connectivity index (χ3n) is 5.88. The van der Waals surface area contributed by atoms with Gasteiger partial charge in [-0.15, -0.1) is 0 Å². The second-order valence-electron chi connectivity index (χ2n) is 9.09. The van der Waals surface area contributed by atoms with Gasteiger partial charge in [0.15, 0.2) is 0 Å². The van der Waals surface area contributed by atoms with E-state index >= 15 is 0 Å². The van der Waals surface area contributed by atoms with E-state index in [0.29, 0.717) is 27.8 Å². The van der Waals surface area contributed by atoms with E-state index in [-0.39, 0.29) is 18.4 Å². The summed E-state index contributed by atoms with van der Waals surface area (Å²) in [4.78, 5) is 27.8. The summed E-state index contributed by atoms with van der Waals surface area (Å²) >= 11 is 12.4. The molecular weight excluding hydrogens is 521 g/mol. The molecule has 0 aliphatic carbocycles. The van der Waals surface area contributed by atoms with Gasteiger partial charge in [-0.1, -0.05) is 68.6 Å². The predicted octanol–water partition coefficient (Wildman–Crippen LogP) is 5.22. The predicted molar refractivity (Wildman–Crippen MR) is 147 cm³/mol.